The fourth-order valence-corrected chi connectivity index (χ4v) is 12.1. The number of hydrogen-bond acceptors (Lipinski definition) is 3. The van der Waals surface area contributed by atoms with Crippen LogP contribution < -0.4 is 16.2 Å². The third-order valence-corrected chi connectivity index (χ3v) is 16.1. The van der Waals surface area contributed by atoms with Gasteiger partial charge in [-0.25, -0.2) is 0 Å². The Balaban J connectivity index is 1.22. The molecule has 0 amide bonds. The van der Waals surface area contributed by atoms with Gasteiger partial charge < -0.3 is 9.88 Å². The number of nitrogens with zero attached hydrogens (tertiary/aromatic N) is 1. The third-order valence-electron chi connectivity index (χ3n) is 13.6. The summed E-state index contributed by atoms with van der Waals surface area (Å²) >= 11 is 3.79. The highest BCUT2D eigenvalue weighted by Gasteiger charge is 2.38. The minimum absolute atomic E-state index is 0.00224. The van der Waals surface area contributed by atoms with Crippen molar-refractivity contribution in [3.05, 3.63) is 124 Å². The molecule has 5 heteroatoms. The maximum atomic E-state index is 4.12. The van der Waals surface area contributed by atoms with E-state index in [1.54, 1.807) is 0 Å². The normalized spacial score (nSPS) is 16.3. The first kappa shape index (κ1) is 38.9. The van der Waals surface area contributed by atoms with Crippen LogP contribution in [0.5, 0.6) is 0 Å². The van der Waals surface area contributed by atoms with Gasteiger partial charge in [0, 0.05) is 58.5 Å². The summed E-state index contributed by atoms with van der Waals surface area (Å²) in [4.78, 5) is 5.26. The van der Waals surface area contributed by atoms with Crippen LogP contribution in [-0.4, -0.2) is 11.8 Å². The number of aromatic nitrogens is 1. The maximum absolute atomic E-state index is 4.12. The number of fused-ring (bicyclic) bond motifs is 8. The summed E-state index contributed by atoms with van der Waals surface area (Å²) in [5, 5.41) is 6.80. The molecule has 0 unspecified atom stereocenters. The first-order chi connectivity index (χ1) is 27.8. The van der Waals surface area contributed by atoms with E-state index in [9.17, 15) is 0 Å². The average molecular weight is 808 g/mol. The number of anilines is 2. The molecule has 0 fully saturated rings. The molecule has 0 atom stereocenters. The predicted octanol–water partition coefficient (Wildman–Crippen LogP) is 14.3. The van der Waals surface area contributed by atoms with Crippen molar-refractivity contribution in [3.8, 4) is 16.8 Å². The van der Waals surface area contributed by atoms with E-state index < -0.39 is 0 Å². The second-order valence-corrected chi connectivity index (χ2v) is 23.2. The van der Waals surface area contributed by atoms with Gasteiger partial charge in [-0.05, 0) is 147 Å². The molecular weight excluding hydrogens is 752 g/mol. The molecule has 6 aromatic carbocycles. The first-order valence-electron chi connectivity index (χ1n) is 21.5. The lowest BCUT2D eigenvalue weighted by Gasteiger charge is -2.42. The molecule has 10 rings (SSSR count). The highest BCUT2D eigenvalue weighted by atomic mass is 32.2. The van der Waals surface area contributed by atoms with E-state index in [0.717, 1.165) is 5.69 Å². The van der Waals surface area contributed by atoms with E-state index in [4.69, 9.17) is 0 Å². The van der Waals surface area contributed by atoms with Gasteiger partial charge >= 0.3 is 0 Å². The molecular formula is C54H56BN2S2. The molecule has 1 N–H and O–H groups in total. The Morgan fingerprint density at radius 2 is 1.24 bits per heavy atom. The zero-order valence-corrected chi connectivity index (χ0v) is 38.5. The molecule has 3 aliphatic rings. The van der Waals surface area contributed by atoms with Gasteiger partial charge in [0.15, 0.2) is 7.28 Å². The Morgan fingerprint density at radius 3 is 1.90 bits per heavy atom. The van der Waals surface area contributed by atoms with Crippen molar-refractivity contribution in [2.75, 3.05) is 5.32 Å². The predicted molar refractivity (Wildman–Crippen MR) is 258 cm³/mol. The SMILES string of the molecule is Cc1cc(-c2cc3c(cc2Nc2cc4c(cc2C)C(C)(C)CCC4(C)C)Sc2ccccc2S3)c2c(c1)-n1c3ccc(C(C)(C)C)cc3c3cc(C(C)(C)C)cc(c31)[B]2. The van der Waals surface area contributed by atoms with Crippen molar-refractivity contribution in [1.29, 1.82) is 0 Å². The van der Waals surface area contributed by atoms with E-state index in [2.05, 4.69) is 191 Å². The summed E-state index contributed by atoms with van der Waals surface area (Å²) < 4.78 is 2.58. The zero-order valence-electron chi connectivity index (χ0n) is 36.9. The molecule has 297 valence electrons. The van der Waals surface area contributed by atoms with Crippen molar-refractivity contribution in [3.63, 3.8) is 0 Å². The van der Waals surface area contributed by atoms with E-state index in [1.807, 2.05) is 23.5 Å². The Bertz CT molecular complexity index is 2930. The van der Waals surface area contributed by atoms with Crippen molar-refractivity contribution in [1.82, 2.24) is 4.57 Å². The monoisotopic (exact) mass is 807 g/mol. The largest absolute Gasteiger partial charge is 0.355 e. The standard InChI is InChI=1S/C54H56BN2S2/c1-30-21-36(49-44(22-30)57-43-18-17-32(51(3,4)5)24-35(43)37-25-33(52(6,7)8)26-40(55-49)50(37)57)34-27-47-48(59-46-16-14-13-15-45(46)58-47)29-42(34)56-41-28-39-38(23-31(41)2)53(9,10)19-20-54(39,11)12/h13-18,21-29,56H,19-20H2,1-12H3. The van der Waals surface area contributed by atoms with E-state index in [0.29, 0.717) is 0 Å². The van der Waals surface area contributed by atoms with Crippen LogP contribution in [0.3, 0.4) is 0 Å². The zero-order chi connectivity index (χ0) is 41.6. The van der Waals surface area contributed by atoms with Gasteiger partial charge in [0.2, 0.25) is 0 Å². The van der Waals surface area contributed by atoms with Crippen molar-refractivity contribution >= 4 is 74.9 Å². The molecule has 59 heavy (non-hydrogen) atoms. The lowest BCUT2D eigenvalue weighted by Crippen LogP contribution is -2.38. The number of nitrogens with one attached hydrogen (secondary N) is 1. The van der Waals surface area contributed by atoms with Crippen molar-refractivity contribution in [2.45, 2.75) is 137 Å². The van der Waals surface area contributed by atoms with Crippen LogP contribution in [0.15, 0.2) is 111 Å². The minimum atomic E-state index is 0.00224. The Labute approximate surface area is 361 Å². The van der Waals surface area contributed by atoms with Crippen LogP contribution in [0, 0.1) is 13.8 Å². The Kier molecular flexibility index (Phi) is 8.62. The summed E-state index contributed by atoms with van der Waals surface area (Å²) in [7, 11) is 2.50. The molecule has 1 radical (unpaired) electrons. The lowest BCUT2D eigenvalue weighted by molar-refractivity contribution is 0.332. The summed E-state index contributed by atoms with van der Waals surface area (Å²) in [5.74, 6) is 0. The van der Waals surface area contributed by atoms with E-state index >= 15 is 0 Å². The fourth-order valence-electron chi connectivity index (χ4n) is 9.84. The molecule has 0 spiro atoms. The lowest BCUT2D eigenvalue weighted by atomic mass is 9.58. The van der Waals surface area contributed by atoms with Crippen LogP contribution in [0.4, 0.5) is 11.4 Å². The van der Waals surface area contributed by atoms with Gasteiger partial charge in [0.1, 0.15) is 0 Å². The van der Waals surface area contributed by atoms with Crippen molar-refractivity contribution < 1.29 is 0 Å². The van der Waals surface area contributed by atoms with Crippen LogP contribution in [0.25, 0.3) is 38.6 Å². The Hall–Kier alpha value is -4.32. The number of hydrogen-bond donors (Lipinski definition) is 1. The van der Waals surface area contributed by atoms with Gasteiger partial charge in [0.05, 0.1) is 5.52 Å². The van der Waals surface area contributed by atoms with Gasteiger partial charge in [-0.3, -0.25) is 0 Å². The first-order valence-corrected chi connectivity index (χ1v) is 23.1. The Morgan fingerprint density at radius 1 is 0.610 bits per heavy atom. The topological polar surface area (TPSA) is 17.0 Å². The molecule has 0 bridgehead atoms. The quantitative estimate of drug-likeness (QED) is 0.179. The molecule has 1 aliphatic carbocycles. The average Bonchev–Trinajstić information content (AvgIpc) is 3.50. The van der Waals surface area contributed by atoms with E-state index in [-0.39, 0.29) is 21.7 Å². The molecule has 1 aromatic heterocycles. The third kappa shape index (κ3) is 6.32. The number of benzene rings is 6. The molecule has 2 nitrogen and oxygen atoms in total. The fraction of sp³-hybridized carbons (Fsp3) is 0.333. The van der Waals surface area contributed by atoms with Crippen molar-refractivity contribution in [2.24, 2.45) is 0 Å². The summed E-state index contributed by atoms with van der Waals surface area (Å²) in [6, 6.07) is 35.7. The van der Waals surface area contributed by atoms with E-state index in [1.165, 1.54) is 121 Å². The van der Waals surface area contributed by atoms with Gasteiger partial charge in [-0.2, -0.15) is 0 Å². The summed E-state index contributed by atoms with van der Waals surface area (Å²) in [5.41, 5.74) is 19.9. The summed E-state index contributed by atoms with van der Waals surface area (Å²) in [6.45, 7) is 28.3. The van der Waals surface area contributed by atoms with Crippen LogP contribution in [-0.2, 0) is 21.7 Å². The summed E-state index contributed by atoms with van der Waals surface area (Å²) in [6.07, 6.45) is 2.40. The molecule has 0 saturated heterocycles. The van der Waals surface area contributed by atoms with Crippen LogP contribution in [0.1, 0.15) is 115 Å². The number of rotatable bonds is 3. The second-order valence-electron chi connectivity index (χ2n) is 21.0. The van der Waals surface area contributed by atoms with Gasteiger partial charge in [0.25, 0.3) is 0 Å². The molecule has 0 saturated carbocycles. The van der Waals surface area contributed by atoms with Crippen LogP contribution >= 0.6 is 23.5 Å². The molecule has 2 aliphatic heterocycles. The number of aryl methyl sites for hydroxylation is 2. The maximum Gasteiger partial charge on any atom is 0.197 e. The second kappa shape index (κ2) is 13.1. The molecule has 3 heterocycles. The van der Waals surface area contributed by atoms with Gasteiger partial charge in [-0.15, -0.1) is 0 Å². The smallest absolute Gasteiger partial charge is 0.197 e. The molecule has 7 aromatic rings. The van der Waals surface area contributed by atoms with Gasteiger partial charge in [-0.1, -0.05) is 135 Å². The van der Waals surface area contributed by atoms with Crippen LogP contribution in [0.2, 0.25) is 0 Å². The minimum Gasteiger partial charge on any atom is -0.355 e. The highest BCUT2D eigenvalue weighted by molar-refractivity contribution is 8.05. The highest BCUT2D eigenvalue weighted by Crippen LogP contribution is 2.53.